The summed E-state index contributed by atoms with van der Waals surface area (Å²) in [5, 5.41) is 2.65. The third kappa shape index (κ3) is 1.65. The largest absolute Gasteiger partial charge is 0.298 e. The number of rotatable bonds is 2. The number of nitrogens with zero attached hydrogens (tertiary/aromatic N) is 2. The van der Waals surface area contributed by atoms with Crippen molar-refractivity contribution in [3.05, 3.63) is 40.1 Å². The highest BCUT2D eigenvalue weighted by atomic mass is 19.1. The van der Waals surface area contributed by atoms with E-state index in [9.17, 15) is 14.0 Å². The monoisotopic (exact) mass is 221 g/mol. The van der Waals surface area contributed by atoms with Crippen LogP contribution in [0.2, 0.25) is 0 Å². The van der Waals surface area contributed by atoms with Crippen molar-refractivity contribution in [3.8, 4) is 11.4 Å². The summed E-state index contributed by atoms with van der Waals surface area (Å²) < 4.78 is 14.7. The van der Waals surface area contributed by atoms with Crippen LogP contribution in [-0.4, -0.2) is 21.1 Å². The van der Waals surface area contributed by atoms with Crippen LogP contribution in [0, 0.1) is 5.82 Å². The number of aryl methyl sites for hydroxylation is 1. The Labute approximate surface area is 89.5 Å². The molecule has 0 saturated heterocycles. The van der Waals surface area contributed by atoms with Crippen molar-refractivity contribution in [2.24, 2.45) is 7.05 Å². The summed E-state index contributed by atoms with van der Waals surface area (Å²) >= 11 is 0. The van der Waals surface area contributed by atoms with E-state index in [0.29, 0.717) is 6.29 Å². The van der Waals surface area contributed by atoms with E-state index in [2.05, 4.69) is 10.1 Å². The van der Waals surface area contributed by atoms with Crippen LogP contribution in [0.15, 0.2) is 23.1 Å². The average molecular weight is 221 g/mol. The molecule has 2 rings (SSSR count). The first-order chi connectivity index (χ1) is 7.61. The van der Waals surface area contributed by atoms with Crippen molar-refractivity contribution in [3.63, 3.8) is 0 Å². The molecule has 0 aliphatic heterocycles. The standard InChI is InChI=1S/C10H8FN3O2/c1-14-9(16)3-8(13-14)10-7(11)2-6(5-15)4-12-10/h2-5,13H,1H3. The zero-order valence-electron chi connectivity index (χ0n) is 8.40. The average Bonchev–Trinajstić information content (AvgIpc) is 2.58. The summed E-state index contributed by atoms with van der Waals surface area (Å²) in [6, 6.07) is 2.31. The van der Waals surface area contributed by atoms with E-state index in [0.717, 1.165) is 6.07 Å². The number of carbonyl (C=O) groups excluding carboxylic acids is 1. The first-order valence-corrected chi connectivity index (χ1v) is 4.49. The number of aromatic amines is 1. The molecule has 0 bridgehead atoms. The van der Waals surface area contributed by atoms with Crippen LogP contribution in [0.5, 0.6) is 0 Å². The van der Waals surface area contributed by atoms with E-state index >= 15 is 0 Å². The molecule has 0 aliphatic carbocycles. The Morgan fingerprint density at radius 1 is 1.50 bits per heavy atom. The fourth-order valence-corrected chi connectivity index (χ4v) is 1.33. The maximum Gasteiger partial charge on any atom is 0.266 e. The quantitative estimate of drug-likeness (QED) is 0.760. The fraction of sp³-hybridized carbons (Fsp3) is 0.100. The Bertz CT molecular complexity index is 600. The number of nitrogens with one attached hydrogen (secondary N) is 1. The molecule has 0 spiro atoms. The topological polar surface area (TPSA) is 67.8 Å². The molecule has 6 heteroatoms. The Hall–Kier alpha value is -2.24. The highest BCUT2D eigenvalue weighted by molar-refractivity contribution is 5.75. The summed E-state index contributed by atoms with van der Waals surface area (Å²) in [4.78, 5) is 25.4. The van der Waals surface area contributed by atoms with Crippen molar-refractivity contribution in [2.45, 2.75) is 0 Å². The van der Waals surface area contributed by atoms with Crippen LogP contribution in [0.3, 0.4) is 0 Å². The summed E-state index contributed by atoms with van der Waals surface area (Å²) in [5.74, 6) is -0.647. The molecule has 2 heterocycles. The number of aldehydes is 1. The maximum atomic E-state index is 13.5. The lowest BCUT2D eigenvalue weighted by atomic mass is 10.2. The molecule has 0 aromatic carbocycles. The second-order valence-corrected chi connectivity index (χ2v) is 3.28. The second-order valence-electron chi connectivity index (χ2n) is 3.28. The van der Waals surface area contributed by atoms with Gasteiger partial charge < -0.3 is 0 Å². The maximum absolute atomic E-state index is 13.5. The number of pyridine rings is 1. The number of halogens is 1. The Morgan fingerprint density at radius 3 is 2.75 bits per heavy atom. The second kappa shape index (κ2) is 3.73. The van der Waals surface area contributed by atoms with Gasteiger partial charge in [-0.15, -0.1) is 0 Å². The van der Waals surface area contributed by atoms with Gasteiger partial charge in [0, 0.05) is 24.9 Å². The predicted octanol–water partition coefficient (Wildman–Crippen LogP) is 0.727. The van der Waals surface area contributed by atoms with Crippen molar-refractivity contribution in [2.75, 3.05) is 0 Å². The van der Waals surface area contributed by atoms with Gasteiger partial charge in [-0.1, -0.05) is 0 Å². The van der Waals surface area contributed by atoms with Crippen molar-refractivity contribution in [1.82, 2.24) is 14.8 Å². The molecule has 1 N–H and O–H groups in total. The van der Waals surface area contributed by atoms with Crippen LogP contribution in [0.4, 0.5) is 4.39 Å². The minimum atomic E-state index is -0.647. The number of H-pyrrole nitrogens is 1. The lowest BCUT2D eigenvalue weighted by Crippen LogP contribution is -2.09. The molecule has 0 radical (unpaired) electrons. The van der Waals surface area contributed by atoms with Gasteiger partial charge in [-0.25, -0.2) is 4.39 Å². The molecule has 5 nitrogen and oxygen atoms in total. The van der Waals surface area contributed by atoms with Gasteiger partial charge >= 0.3 is 0 Å². The zero-order chi connectivity index (χ0) is 11.7. The normalized spacial score (nSPS) is 10.4. The van der Waals surface area contributed by atoms with Gasteiger partial charge in [-0.2, -0.15) is 0 Å². The number of aromatic nitrogens is 3. The smallest absolute Gasteiger partial charge is 0.266 e. The molecule has 0 aliphatic rings. The van der Waals surface area contributed by atoms with Gasteiger partial charge in [0.05, 0.1) is 5.69 Å². The van der Waals surface area contributed by atoms with Gasteiger partial charge in [0.15, 0.2) is 12.1 Å². The van der Waals surface area contributed by atoms with E-state index < -0.39 is 5.82 Å². The fourth-order valence-electron chi connectivity index (χ4n) is 1.33. The van der Waals surface area contributed by atoms with E-state index in [4.69, 9.17) is 0 Å². The molecule has 2 aromatic rings. The third-order valence-corrected chi connectivity index (χ3v) is 2.14. The third-order valence-electron chi connectivity index (χ3n) is 2.14. The number of carbonyl (C=O) groups is 1. The van der Waals surface area contributed by atoms with Crippen LogP contribution < -0.4 is 5.56 Å². The van der Waals surface area contributed by atoms with Crippen molar-refractivity contribution in [1.29, 1.82) is 0 Å². The van der Waals surface area contributed by atoms with Gasteiger partial charge in [-0.3, -0.25) is 24.4 Å². The van der Waals surface area contributed by atoms with Crippen molar-refractivity contribution >= 4 is 6.29 Å². The van der Waals surface area contributed by atoms with Gasteiger partial charge in [0.1, 0.15) is 5.69 Å². The van der Waals surface area contributed by atoms with Gasteiger partial charge in [-0.05, 0) is 6.07 Å². The predicted molar refractivity (Wildman–Crippen MR) is 54.6 cm³/mol. The van der Waals surface area contributed by atoms with Gasteiger partial charge in [0.2, 0.25) is 0 Å². The number of hydrogen-bond donors (Lipinski definition) is 1. The highest BCUT2D eigenvalue weighted by Gasteiger charge is 2.10. The molecule has 16 heavy (non-hydrogen) atoms. The SMILES string of the molecule is Cn1[nH]c(-c2ncc(C=O)cc2F)cc1=O. The molecule has 0 unspecified atom stereocenters. The Morgan fingerprint density at radius 2 is 2.25 bits per heavy atom. The zero-order valence-corrected chi connectivity index (χ0v) is 8.40. The molecule has 0 amide bonds. The van der Waals surface area contributed by atoms with Gasteiger partial charge in [0.25, 0.3) is 5.56 Å². The lowest BCUT2D eigenvalue weighted by Gasteiger charge is -1.99. The van der Waals surface area contributed by atoms with Crippen molar-refractivity contribution < 1.29 is 9.18 Å². The first-order valence-electron chi connectivity index (χ1n) is 4.49. The molecule has 2 aromatic heterocycles. The molecular weight excluding hydrogens is 213 g/mol. The Kier molecular flexibility index (Phi) is 2.40. The molecule has 82 valence electrons. The summed E-state index contributed by atoms with van der Waals surface area (Å²) in [7, 11) is 1.52. The van der Waals surface area contributed by atoms with Crippen LogP contribution >= 0.6 is 0 Å². The minimum absolute atomic E-state index is 0.0169. The summed E-state index contributed by atoms with van der Waals surface area (Å²) in [6.45, 7) is 0. The lowest BCUT2D eigenvalue weighted by molar-refractivity contribution is 0.112. The minimum Gasteiger partial charge on any atom is -0.298 e. The first kappa shape index (κ1) is 10.3. The van der Waals surface area contributed by atoms with Crippen LogP contribution in [-0.2, 0) is 7.05 Å². The molecule has 0 fully saturated rings. The van der Waals surface area contributed by atoms with Crippen LogP contribution in [0.25, 0.3) is 11.4 Å². The van der Waals surface area contributed by atoms with E-state index in [1.807, 2.05) is 0 Å². The van der Waals surface area contributed by atoms with E-state index in [1.165, 1.54) is 24.0 Å². The molecule has 0 saturated carbocycles. The number of hydrogen-bond acceptors (Lipinski definition) is 3. The highest BCUT2D eigenvalue weighted by Crippen LogP contribution is 2.16. The molecular formula is C10H8FN3O2. The summed E-state index contributed by atoms with van der Waals surface area (Å²) in [6.07, 6.45) is 1.75. The Balaban J connectivity index is 2.56. The van der Waals surface area contributed by atoms with E-state index in [1.54, 1.807) is 0 Å². The van der Waals surface area contributed by atoms with Crippen LogP contribution in [0.1, 0.15) is 10.4 Å². The summed E-state index contributed by atoms with van der Waals surface area (Å²) in [5.41, 5.74) is 0.168. The van der Waals surface area contributed by atoms with E-state index in [-0.39, 0.29) is 22.5 Å². The molecule has 0 atom stereocenters.